The zero-order valence-corrected chi connectivity index (χ0v) is 19.3. The molecular weight excluding hydrogens is 495 g/mol. The van der Waals surface area contributed by atoms with Gasteiger partial charge >= 0.3 is 0 Å². The number of rotatable bonds is 5. The molecule has 1 aromatic heterocycles. The first-order valence-electron chi connectivity index (χ1n) is 8.94. The van der Waals surface area contributed by atoms with E-state index in [4.69, 9.17) is 44.6 Å². The Morgan fingerprint density at radius 3 is 2.66 bits per heavy atom. The summed E-state index contributed by atoms with van der Waals surface area (Å²) >= 11 is 18.5. The summed E-state index contributed by atoms with van der Waals surface area (Å²) in [5.41, 5.74) is 0.610. The lowest BCUT2D eigenvalue weighted by atomic mass is 10.1. The lowest BCUT2D eigenvalue weighted by Crippen LogP contribution is -2.27. The topological polar surface area (TPSA) is 85.8 Å². The Bertz CT molecular complexity index is 1310. The molecule has 7 nitrogen and oxygen atoms in total. The zero-order chi connectivity index (χ0) is 23.0. The van der Waals surface area contributed by atoms with Crippen molar-refractivity contribution in [2.45, 2.75) is 0 Å². The lowest BCUT2D eigenvalue weighted by Gasteiger charge is -2.15. The molecule has 0 spiro atoms. The molecule has 2 aromatic carbocycles. The molecule has 1 aliphatic rings. The Morgan fingerprint density at radius 1 is 1.19 bits per heavy atom. The van der Waals surface area contributed by atoms with E-state index in [9.17, 15) is 14.9 Å². The normalized spacial score (nSPS) is 15.0. The van der Waals surface area contributed by atoms with E-state index in [2.05, 4.69) is 0 Å². The zero-order valence-electron chi connectivity index (χ0n) is 16.2. The molecule has 3 aromatic rings. The van der Waals surface area contributed by atoms with Crippen LogP contribution in [0.3, 0.4) is 0 Å². The molecule has 11 heteroatoms. The van der Waals surface area contributed by atoms with Gasteiger partial charge in [-0.3, -0.25) is 19.8 Å². The number of ether oxygens (including phenoxy) is 1. The van der Waals surface area contributed by atoms with Crippen LogP contribution in [0.5, 0.6) is 5.75 Å². The van der Waals surface area contributed by atoms with Crippen molar-refractivity contribution in [2.24, 2.45) is 0 Å². The van der Waals surface area contributed by atoms with Crippen LogP contribution in [0.2, 0.25) is 10.0 Å². The first-order chi connectivity index (χ1) is 15.3. The van der Waals surface area contributed by atoms with E-state index in [-0.39, 0.29) is 27.9 Å². The van der Waals surface area contributed by atoms with Gasteiger partial charge in [-0.2, -0.15) is 0 Å². The van der Waals surface area contributed by atoms with Gasteiger partial charge in [0.05, 0.1) is 33.2 Å². The third-order valence-electron chi connectivity index (χ3n) is 4.51. The number of thiocarbonyl (C=S) groups is 1. The van der Waals surface area contributed by atoms with Gasteiger partial charge in [0, 0.05) is 17.2 Å². The summed E-state index contributed by atoms with van der Waals surface area (Å²) < 4.78 is 11.2. The standard InChI is InChI=1S/C21H12Cl2N2O5S2/c1-29-18-6-3-12(9-15(18)23)24-20(26)19(32-21(24)31)10-13-4-7-17(30-13)14-5-2-11(22)8-16(14)25(27)28/h2-10H,1H3/b19-10+. The van der Waals surface area contributed by atoms with Crippen LogP contribution in [0.4, 0.5) is 11.4 Å². The molecule has 4 rings (SSSR count). The minimum atomic E-state index is -0.533. The van der Waals surface area contributed by atoms with Gasteiger partial charge in [-0.25, -0.2) is 0 Å². The number of thioether (sulfide) groups is 1. The third kappa shape index (κ3) is 4.24. The number of nitro groups is 1. The number of anilines is 1. The maximum absolute atomic E-state index is 13.0. The third-order valence-corrected chi connectivity index (χ3v) is 6.34. The van der Waals surface area contributed by atoms with E-state index in [0.717, 1.165) is 11.8 Å². The summed E-state index contributed by atoms with van der Waals surface area (Å²) in [5.74, 6) is 0.766. The number of carbonyl (C=O) groups is 1. The minimum absolute atomic E-state index is 0.180. The minimum Gasteiger partial charge on any atom is -0.495 e. The van der Waals surface area contributed by atoms with Crippen LogP contribution in [0, 0.1) is 10.1 Å². The number of halogens is 2. The van der Waals surface area contributed by atoms with E-state index < -0.39 is 4.92 Å². The van der Waals surface area contributed by atoms with Gasteiger partial charge in [0.2, 0.25) is 0 Å². The van der Waals surface area contributed by atoms with Crippen molar-refractivity contribution in [3.05, 3.63) is 79.4 Å². The number of hydrogen-bond donors (Lipinski definition) is 0. The highest BCUT2D eigenvalue weighted by Gasteiger charge is 2.34. The van der Waals surface area contributed by atoms with Crippen molar-refractivity contribution < 1.29 is 18.9 Å². The summed E-state index contributed by atoms with van der Waals surface area (Å²) in [7, 11) is 1.50. The maximum Gasteiger partial charge on any atom is 0.281 e. The van der Waals surface area contributed by atoms with Crippen molar-refractivity contribution >= 4 is 74.9 Å². The molecule has 0 atom stereocenters. The Morgan fingerprint density at radius 2 is 1.97 bits per heavy atom. The van der Waals surface area contributed by atoms with E-state index in [1.54, 1.807) is 30.3 Å². The van der Waals surface area contributed by atoms with Crippen LogP contribution in [0.1, 0.15) is 5.76 Å². The van der Waals surface area contributed by atoms with Crippen LogP contribution < -0.4 is 9.64 Å². The summed E-state index contributed by atoms with van der Waals surface area (Å²) in [6, 6.07) is 12.4. The predicted molar refractivity (Wildman–Crippen MR) is 129 cm³/mol. The first kappa shape index (κ1) is 22.3. The number of furan rings is 1. The highest BCUT2D eigenvalue weighted by molar-refractivity contribution is 8.27. The molecule has 0 saturated carbocycles. The summed E-state index contributed by atoms with van der Waals surface area (Å²) in [5, 5.41) is 12.0. The highest BCUT2D eigenvalue weighted by atomic mass is 35.5. The van der Waals surface area contributed by atoms with Crippen LogP contribution in [-0.4, -0.2) is 22.3 Å². The predicted octanol–water partition coefficient (Wildman–Crippen LogP) is 6.58. The van der Waals surface area contributed by atoms with E-state index in [1.807, 2.05) is 0 Å². The smallest absolute Gasteiger partial charge is 0.281 e. The van der Waals surface area contributed by atoms with Crippen molar-refractivity contribution in [2.75, 3.05) is 12.0 Å². The molecule has 32 heavy (non-hydrogen) atoms. The van der Waals surface area contributed by atoms with Crippen molar-refractivity contribution in [3.8, 4) is 17.1 Å². The van der Waals surface area contributed by atoms with Crippen LogP contribution >= 0.6 is 47.2 Å². The largest absolute Gasteiger partial charge is 0.495 e. The van der Waals surface area contributed by atoms with Gasteiger partial charge in [-0.1, -0.05) is 47.2 Å². The Labute approximate surface area is 201 Å². The van der Waals surface area contributed by atoms with Gasteiger partial charge in [0.15, 0.2) is 4.32 Å². The second kappa shape index (κ2) is 8.95. The van der Waals surface area contributed by atoms with E-state index >= 15 is 0 Å². The monoisotopic (exact) mass is 506 g/mol. The molecule has 0 unspecified atom stereocenters. The maximum atomic E-state index is 13.0. The second-order valence-corrected chi connectivity index (χ2v) is 8.98. The van der Waals surface area contributed by atoms with Crippen molar-refractivity contribution in [1.29, 1.82) is 0 Å². The second-order valence-electron chi connectivity index (χ2n) is 6.46. The first-order valence-corrected chi connectivity index (χ1v) is 10.9. The fourth-order valence-corrected chi connectivity index (χ4v) is 4.75. The Balaban J connectivity index is 1.63. The number of nitro benzene ring substituents is 1. The molecule has 1 amide bonds. The van der Waals surface area contributed by atoms with Gasteiger partial charge in [0.1, 0.15) is 17.3 Å². The Kier molecular flexibility index (Phi) is 6.25. The fourth-order valence-electron chi connectivity index (χ4n) is 3.05. The average Bonchev–Trinajstić information content (AvgIpc) is 3.32. The van der Waals surface area contributed by atoms with Crippen molar-refractivity contribution in [1.82, 2.24) is 0 Å². The molecule has 1 aliphatic heterocycles. The average molecular weight is 507 g/mol. The molecule has 2 heterocycles. The summed E-state index contributed by atoms with van der Waals surface area (Å²) in [6.07, 6.45) is 1.54. The van der Waals surface area contributed by atoms with Gasteiger partial charge in [-0.15, -0.1) is 0 Å². The number of methoxy groups -OCH3 is 1. The van der Waals surface area contributed by atoms with Gasteiger partial charge in [-0.05, 0) is 42.5 Å². The molecule has 1 saturated heterocycles. The van der Waals surface area contributed by atoms with Gasteiger partial charge in [0.25, 0.3) is 11.6 Å². The van der Waals surface area contributed by atoms with Crippen LogP contribution in [-0.2, 0) is 4.79 Å². The quantitative estimate of drug-likeness (QED) is 0.167. The molecule has 162 valence electrons. The number of amides is 1. The lowest BCUT2D eigenvalue weighted by molar-refractivity contribution is -0.384. The van der Waals surface area contributed by atoms with E-state index in [0.29, 0.717) is 31.4 Å². The van der Waals surface area contributed by atoms with Crippen LogP contribution in [0.25, 0.3) is 17.4 Å². The molecule has 0 radical (unpaired) electrons. The number of benzene rings is 2. The van der Waals surface area contributed by atoms with Crippen LogP contribution in [0.15, 0.2) is 57.9 Å². The summed E-state index contributed by atoms with van der Waals surface area (Å²) in [4.78, 5) is 25.5. The highest BCUT2D eigenvalue weighted by Crippen LogP contribution is 2.39. The fraction of sp³-hybridized carbons (Fsp3) is 0.0476. The SMILES string of the molecule is COc1ccc(N2C(=O)/C(=C\c3ccc(-c4ccc(Cl)cc4[N+](=O)[O-])o3)SC2=S)cc1Cl. The molecule has 0 bridgehead atoms. The number of hydrogen-bond acceptors (Lipinski definition) is 7. The molecule has 0 N–H and O–H groups in total. The Hall–Kier alpha value is -2.85. The molecule has 1 fully saturated rings. The molecule has 0 aliphatic carbocycles. The van der Waals surface area contributed by atoms with E-state index in [1.165, 1.54) is 36.3 Å². The summed E-state index contributed by atoms with van der Waals surface area (Å²) in [6.45, 7) is 0. The number of nitrogens with zero attached hydrogens (tertiary/aromatic N) is 2. The van der Waals surface area contributed by atoms with Gasteiger partial charge < -0.3 is 9.15 Å². The van der Waals surface area contributed by atoms with Crippen molar-refractivity contribution in [3.63, 3.8) is 0 Å². The molecular formula is C21H12Cl2N2O5S2. The number of carbonyl (C=O) groups excluding carboxylic acids is 1.